The van der Waals surface area contributed by atoms with Crippen LogP contribution in [0.4, 0.5) is 0 Å². The molecule has 2 aromatic heterocycles. The van der Waals surface area contributed by atoms with Gasteiger partial charge in [0.25, 0.3) is 0 Å². The topological polar surface area (TPSA) is 73.0 Å². The van der Waals surface area contributed by atoms with Crippen LogP contribution in [0, 0.1) is 0 Å². The summed E-state index contributed by atoms with van der Waals surface area (Å²) in [7, 11) is -1.84. The van der Waals surface area contributed by atoms with Crippen molar-refractivity contribution in [3.63, 3.8) is 0 Å². The van der Waals surface area contributed by atoms with Gasteiger partial charge in [-0.3, -0.25) is 9.36 Å². The fourth-order valence-corrected chi connectivity index (χ4v) is 5.13. The second-order valence-electron chi connectivity index (χ2n) is 6.01. The molecule has 0 bridgehead atoms. The molecule has 0 aliphatic carbocycles. The Morgan fingerprint density at radius 1 is 1.25 bits per heavy atom. The summed E-state index contributed by atoms with van der Waals surface area (Å²) in [6.07, 6.45) is 8.13. The molecular formula is C15H22ClN5O2S. The van der Waals surface area contributed by atoms with E-state index in [4.69, 9.17) is 11.6 Å². The maximum Gasteiger partial charge on any atom is 0.246 e. The molecule has 1 aliphatic heterocycles. The summed E-state index contributed by atoms with van der Waals surface area (Å²) in [5.41, 5.74) is 0.755. The maximum atomic E-state index is 13.2. The van der Waals surface area contributed by atoms with Crippen LogP contribution in [0.25, 0.3) is 0 Å². The van der Waals surface area contributed by atoms with Crippen molar-refractivity contribution >= 4 is 21.6 Å². The van der Waals surface area contributed by atoms with E-state index in [1.54, 1.807) is 33.1 Å². The number of rotatable bonds is 4. The van der Waals surface area contributed by atoms with Gasteiger partial charge in [0.1, 0.15) is 4.90 Å². The van der Waals surface area contributed by atoms with E-state index in [1.807, 2.05) is 6.92 Å². The molecule has 0 unspecified atom stereocenters. The lowest BCUT2D eigenvalue weighted by Crippen LogP contribution is -2.35. The zero-order valence-corrected chi connectivity index (χ0v) is 15.5. The largest absolute Gasteiger partial charge is 0.272 e. The molecule has 3 rings (SSSR count). The standard InChI is InChI=1S/C15H22ClN5O2S/c1-3-20-11-12(9-18-20)24(22,23)21-8-6-4-5-7-14(21)15-13(16)10-17-19(15)2/h9-11,14H,3-8H2,1-2H3/t14-/m0/s1. The second-order valence-corrected chi connectivity index (χ2v) is 8.31. The average Bonchev–Trinajstić information content (AvgIpc) is 3.08. The predicted octanol–water partition coefficient (Wildman–Crippen LogP) is 2.60. The normalized spacial score (nSPS) is 20.2. The SMILES string of the molecule is CCn1cc(S(=O)(=O)N2CCCCC[C@H]2c2c(Cl)cnn2C)cn1. The molecule has 3 heterocycles. The predicted molar refractivity (Wildman–Crippen MR) is 91.2 cm³/mol. The number of aryl methyl sites for hydroxylation is 2. The molecule has 132 valence electrons. The quantitative estimate of drug-likeness (QED) is 0.828. The van der Waals surface area contributed by atoms with Crippen molar-refractivity contribution < 1.29 is 8.42 Å². The fraction of sp³-hybridized carbons (Fsp3) is 0.600. The van der Waals surface area contributed by atoms with E-state index in [0.717, 1.165) is 31.4 Å². The Kier molecular flexibility index (Phi) is 4.98. The van der Waals surface area contributed by atoms with Crippen LogP contribution in [0.5, 0.6) is 0 Å². The lowest BCUT2D eigenvalue weighted by atomic mass is 10.1. The minimum absolute atomic E-state index is 0.231. The Morgan fingerprint density at radius 2 is 2.04 bits per heavy atom. The van der Waals surface area contributed by atoms with Gasteiger partial charge in [-0.2, -0.15) is 14.5 Å². The van der Waals surface area contributed by atoms with Crippen LogP contribution < -0.4 is 0 Å². The number of hydrogen-bond donors (Lipinski definition) is 0. The van der Waals surface area contributed by atoms with E-state index >= 15 is 0 Å². The lowest BCUT2D eigenvalue weighted by molar-refractivity contribution is 0.315. The fourth-order valence-electron chi connectivity index (χ4n) is 3.22. The van der Waals surface area contributed by atoms with Gasteiger partial charge in [-0.05, 0) is 19.8 Å². The van der Waals surface area contributed by atoms with Gasteiger partial charge in [0.2, 0.25) is 10.0 Å². The summed E-state index contributed by atoms with van der Waals surface area (Å²) in [5, 5.41) is 8.79. The molecule has 24 heavy (non-hydrogen) atoms. The molecule has 7 nitrogen and oxygen atoms in total. The van der Waals surface area contributed by atoms with Crippen LogP contribution in [0.15, 0.2) is 23.5 Å². The van der Waals surface area contributed by atoms with Crippen molar-refractivity contribution in [2.45, 2.75) is 50.1 Å². The Balaban J connectivity index is 2.04. The number of nitrogens with zero attached hydrogens (tertiary/aromatic N) is 5. The van der Waals surface area contributed by atoms with E-state index in [-0.39, 0.29) is 10.9 Å². The van der Waals surface area contributed by atoms with Crippen molar-refractivity contribution in [1.82, 2.24) is 23.9 Å². The molecule has 1 fully saturated rings. The molecule has 1 atom stereocenters. The van der Waals surface area contributed by atoms with Crippen LogP contribution in [0.3, 0.4) is 0 Å². The highest BCUT2D eigenvalue weighted by Crippen LogP contribution is 2.37. The van der Waals surface area contributed by atoms with Gasteiger partial charge in [-0.1, -0.05) is 24.4 Å². The highest BCUT2D eigenvalue weighted by Gasteiger charge is 2.36. The second kappa shape index (κ2) is 6.85. The van der Waals surface area contributed by atoms with Gasteiger partial charge in [0.15, 0.2) is 0 Å². The third kappa shape index (κ3) is 3.10. The molecular weight excluding hydrogens is 350 g/mol. The number of hydrogen-bond acceptors (Lipinski definition) is 4. The highest BCUT2D eigenvalue weighted by atomic mass is 35.5. The first-order valence-corrected chi connectivity index (χ1v) is 9.98. The Morgan fingerprint density at radius 3 is 2.67 bits per heavy atom. The molecule has 9 heteroatoms. The van der Waals surface area contributed by atoms with Crippen molar-refractivity contribution in [2.24, 2.45) is 7.05 Å². The van der Waals surface area contributed by atoms with Crippen LogP contribution in [-0.4, -0.2) is 38.8 Å². The maximum absolute atomic E-state index is 13.2. The Hall–Kier alpha value is -1.38. The van der Waals surface area contributed by atoms with E-state index in [1.165, 1.54) is 6.20 Å². The molecule has 0 spiro atoms. The van der Waals surface area contributed by atoms with E-state index in [2.05, 4.69) is 10.2 Å². The summed E-state index contributed by atoms with van der Waals surface area (Å²) in [6.45, 7) is 3.03. The van der Waals surface area contributed by atoms with Crippen LogP contribution in [-0.2, 0) is 23.6 Å². The van der Waals surface area contributed by atoms with Crippen molar-refractivity contribution in [2.75, 3.05) is 6.54 Å². The van der Waals surface area contributed by atoms with E-state index in [0.29, 0.717) is 18.1 Å². The first-order chi connectivity index (χ1) is 11.4. The molecule has 0 N–H and O–H groups in total. The van der Waals surface area contributed by atoms with Gasteiger partial charge in [-0.25, -0.2) is 8.42 Å². The number of sulfonamides is 1. The molecule has 2 aromatic rings. The van der Waals surface area contributed by atoms with Crippen LogP contribution >= 0.6 is 11.6 Å². The Bertz CT molecular complexity index is 794. The molecule has 1 aliphatic rings. The average molecular weight is 372 g/mol. The molecule has 0 saturated carbocycles. The highest BCUT2D eigenvalue weighted by molar-refractivity contribution is 7.89. The molecule has 0 amide bonds. The zero-order valence-electron chi connectivity index (χ0n) is 13.9. The molecule has 0 radical (unpaired) electrons. The summed E-state index contributed by atoms with van der Waals surface area (Å²) in [5.74, 6) is 0. The minimum atomic E-state index is -3.63. The summed E-state index contributed by atoms with van der Waals surface area (Å²) in [4.78, 5) is 0.231. The van der Waals surface area contributed by atoms with Gasteiger partial charge < -0.3 is 0 Å². The first kappa shape index (κ1) is 17.4. The van der Waals surface area contributed by atoms with Crippen molar-refractivity contribution in [1.29, 1.82) is 0 Å². The molecule has 0 aromatic carbocycles. The third-order valence-corrected chi connectivity index (χ3v) is 6.65. The van der Waals surface area contributed by atoms with Crippen molar-refractivity contribution in [3.8, 4) is 0 Å². The van der Waals surface area contributed by atoms with Crippen LogP contribution in [0.2, 0.25) is 5.02 Å². The van der Waals surface area contributed by atoms with E-state index < -0.39 is 10.0 Å². The van der Waals surface area contributed by atoms with Gasteiger partial charge >= 0.3 is 0 Å². The first-order valence-electron chi connectivity index (χ1n) is 8.17. The number of aromatic nitrogens is 4. The van der Waals surface area contributed by atoms with E-state index in [9.17, 15) is 8.42 Å². The zero-order chi connectivity index (χ0) is 17.3. The monoisotopic (exact) mass is 371 g/mol. The number of halogens is 1. The van der Waals surface area contributed by atoms with Gasteiger partial charge in [0.05, 0.1) is 29.2 Å². The van der Waals surface area contributed by atoms with Crippen molar-refractivity contribution in [3.05, 3.63) is 29.3 Å². The lowest BCUT2D eigenvalue weighted by Gasteiger charge is -2.29. The smallest absolute Gasteiger partial charge is 0.246 e. The van der Waals surface area contributed by atoms with Gasteiger partial charge in [-0.15, -0.1) is 0 Å². The minimum Gasteiger partial charge on any atom is -0.272 e. The van der Waals surface area contributed by atoms with Crippen LogP contribution in [0.1, 0.15) is 44.3 Å². The summed E-state index contributed by atoms with van der Waals surface area (Å²) < 4.78 is 31.3. The molecule has 1 saturated heterocycles. The van der Waals surface area contributed by atoms with Gasteiger partial charge in [0, 0.05) is 26.3 Å². The third-order valence-electron chi connectivity index (χ3n) is 4.50. The summed E-state index contributed by atoms with van der Waals surface area (Å²) in [6, 6.07) is -0.303. The Labute approximate surface area is 147 Å². The summed E-state index contributed by atoms with van der Waals surface area (Å²) >= 11 is 6.30.